The molecule has 1 radical (unpaired) electrons. The van der Waals surface area contributed by atoms with Crippen LogP contribution < -0.4 is 0 Å². The molecule has 0 saturated carbocycles. The van der Waals surface area contributed by atoms with E-state index in [0.29, 0.717) is 0 Å². The molecule has 2 heterocycles. The molecule has 27 heavy (non-hydrogen) atoms. The first kappa shape index (κ1) is 28.9. The smallest absolute Gasteiger partial charge is 0.291 e. The summed E-state index contributed by atoms with van der Waals surface area (Å²) in [6, 6.07) is 0.0185. The van der Waals surface area contributed by atoms with Crippen molar-refractivity contribution in [1.82, 2.24) is 0 Å². The van der Waals surface area contributed by atoms with Gasteiger partial charge >= 0.3 is 0 Å². The van der Waals surface area contributed by atoms with Crippen LogP contribution in [0.2, 0.25) is 0 Å². The monoisotopic (exact) mass is 433 g/mol. The molecule has 0 spiro atoms. The summed E-state index contributed by atoms with van der Waals surface area (Å²) in [6.45, 7) is 7.38. The Kier molecular flexibility index (Phi) is 16.4. The molecule has 13 heteroatoms. The van der Waals surface area contributed by atoms with Gasteiger partial charge in [-0.3, -0.25) is 0 Å². The van der Waals surface area contributed by atoms with Crippen LogP contribution in [-0.2, 0) is 16.8 Å². The standard InChI is InChI=1S/2C7H10NO.Co.2HNO3/c2*1-6-4-3-5-7(2)8(6)9;;2*2-1(3)4/h2*3-6H,1-2H3;;2*(H,2,3,4)/q2*+1;;;. The molecule has 2 N–H and O–H groups in total. The second-order valence-electron chi connectivity index (χ2n) is 4.99. The van der Waals surface area contributed by atoms with Crippen LogP contribution in [0.15, 0.2) is 47.9 Å². The van der Waals surface area contributed by atoms with E-state index in [2.05, 4.69) is 0 Å². The van der Waals surface area contributed by atoms with E-state index >= 15 is 0 Å². The van der Waals surface area contributed by atoms with Gasteiger partial charge in [-0.25, -0.2) is 0 Å². The van der Waals surface area contributed by atoms with Gasteiger partial charge in [0.05, 0.1) is 0 Å². The van der Waals surface area contributed by atoms with E-state index in [1.165, 1.54) is 0 Å². The van der Waals surface area contributed by atoms with Crippen LogP contribution in [0.1, 0.15) is 27.7 Å². The zero-order chi connectivity index (χ0) is 20.9. The average molecular weight is 433 g/mol. The molecule has 0 aromatic rings. The molecule has 2 unspecified atom stereocenters. The van der Waals surface area contributed by atoms with Gasteiger partial charge in [-0.15, -0.1) is 20.2 Å². The maximum atomic E-state index is 10.9. The minimum atomic E-state index is -1.50. The van der Waals surface area contributed by atoms with Gasteiger partial charge in [0.25, 0.3) is 10.2 Å². The minimum absolute atomic E-state index is 0. The third-order valence-electron chi connectivity index (χ3n) is 2.89. The van der Waals surface area contributed by atoms with Crippen molar-refractivity contribution in [2.75, 3.05) is 0 Å². The van der Waals surface area contributed by atoms with Crippen molar-refractivity contribution in [3.63, 3.8) is 0 Å². The van der Waals surface area contributed by atoms with E-state index < -0.39 is 10.2 Å². The molecular weight excluding hydrogens is 411 g/mol. The largest absolute Gasteiger partial charge is 0.328 e. The Labute approximate surface area is 165 Å². The topological polar surface area (TPSA) is 167 Å². The van der Waals surface area contributed by atoms with E-state index in [9.17, 15) is 9.81 Å². The van der Waals surface area contributed by atoms with Gasteiger partial charge in [-0.05, 0) is 12.2 Å². The van der Waals surface area contributed by atoms with Crippen molar-refractivity contribution in [2.45, 2.75) is 39.8 Å². The molecule has 0 aromatic heterocycles. The number of hydrogen-bond donors (Lipinski definition) is 2. The molecule has 12 nitrogen and oxygen atoms in total. The first-order chi connectivity index (χ1) is 11.9. The van der Waals surface area contributed by atoms with E-state index in [1.807, 2.05) is 64.2 Å². The molecule has 0 fully saturated rings. The SMILES string of the molecule is CC1=CC=CC(C)[N+]1=O.CC1=CC=CC(C)[N+]1=O.O=[N+]([O-])O.O=[N+]([O-])O.[Co]. The fraction of sp³-hybridized carbons (Fsp3) is 0.429. The van der Waals surface area contributed by atoms with Gasteiger partial charge in [0.1, 0.15) is 0 Å². The summed E-state index contributed by atoms with van der Waals surface area (Å²) in [4.78, 5) is 38.6. The van der Waals surface area contributed by atoms with Crippen molar-refractivity contribution in [3.8, 4) is 0 Å². The summed E-state index contributed by atoms with van der Waals surface area (Å²) < 4.78 is 2.00. The van der Waals surface area contributed by atoms with Gasteiger partial charge in [0.15, 0.2) is 0 Å². The maximum Gasteiger partial charge on any atom is 0.291 e. The summed E-state index contributed by atoms with van der Waals surface area (Å²) >= 11 is 0. The fourth-order valence-electron chi connectivity index (χ4n) is 1.66. The van der Waals surface area contributed by atoms with Crippen LogP contribution in [0.3, 0.4) is 0 Å². The Balaban J connectivity index is -0.000000303. The molecule has 2 rings (SSSR count). The molecule has 2 aliphatic heterocycles. The molecule has 0 aromatic carbocycles. The summed E-state index contributed by atoms with van der Waals surface area (Å²) in [6.07, 6.45) is 11.2. The van der Waals surface area contributed by atoms with Crippen molar-refractivity contribution in [2.24, 2.45) is 0 Å². The van der Waals surface area contributed by atoms with Gasteiger partial charge in [0.2, 0.25) is 23.5 Å². The predicted octanol–water partition coefficient (Wildman–Crippen LogP) is 2.56. The van der Waals surface area contributed by atoms with Crippen molar-refractivity contribution in [1.29, 1.82) is 0 Å². The first-order valence-electron chi connectivity index (χ1n) is 7.19. The van der Waals surface area contributed by atoms with Crippen molar-refractivity contribution < 1.29 is 46.9 Å². The predicted molar refractivity (Wildman–Crippen MR) is 89.5 cm³/mol. The summed E-state index contributed by atoms with van der Waals surface area (Å²) in [5.74, 6) is 0. The average Bonchev–Trinajstić information content (AvgIpc) is 2.50. The zero-order valence-electron chi connectivity index (χ0n) is 15.1. The molecule has 0 amide bonds. The number of allylic oxidation sites excluding steroid dienone is 6. The van der Waals surface area contributed by atoms with Crippen LogP contribution in [0.4, 0.5) is 0 Å². The summed E-state index contributed by atoms with van der Waals surface area (Å²) in [5.41, 5.74) is 1.56. The van der Waals surface area contributed by atoms with Gasteiger partial charge < -0.3 is 10.4 Å². The fourth-order valence-corrected chi connectivity index (χ4v) is 1.66. The minimum Gasteiger partial charge on any atom is -0.328 e. The number of rotatable bonds is 0. The quantitative estimate of drug-likeness (QED) is 0.334. The van der Waals surface area contributed by atoms with Crippen molar-refractivity contribution >= 4 is 0 Å². The third kappa shape index (κ3) is 16.3. The maximum absolute atomic E-state index is 10.9. The summed E-state index contributed by atoms with van der Waals surface area (Å²) in [7, 11) is 0. The Hall–Kier alpha value is -2.93. The van der Waals surface area contributed by atoms with Crippen LogP contribution in [0, 0.1) is 30.0 Å². The third-order valence-corrected chi connectivity index (χ3v) is 2.89. The van der Waals surface area contributed by atoms with Crippen LogP contribution >= 0.6 is 0 Å². The molecule has 0 bridgehead atoms. The van der Waals surface area contributed by atoms with Crippen molar-refractivity contribution in [3.05, 3.63) is 77.9 Å². The normalized spacial score (nSPS) is 19.3. The Bertz CT molecular complexity index is 594. The Morgan fingerprint density at radius 1 is 0.852 bits per heavy atom. The van der Waals surface area contributed by atoms with Crippen LogP contribution in [0.25, 0.3) is 0 Å². The van der Waals surface area contributed by atoms with E-state index in [0.717, 1.165) is 20.9 Å². The Morgan fingerprint density at radius 2 is 1.07 bits per heavy atom. The number of nitrogens with zero attached hydrogens (tertiary/aromatic N) is 4. The van der Waals surface area contributed by atoms with Gasteiger partial charge in [-0.1, -0.05) is 12.2 Å². The zero-order valence-corrected chi connectivity index (χ0v) is 16.1. The molecule has 0 saturated heterocycles. The second kappa shape index (κ2) is 15.3. The molecule has 153 valence electrons. The van der Waals surface area contributed by atoms with Gasteiger partial charge in [0, 0.05) is 76.0 Å². The molecule has 0 aliphatic carbocycles. The van der Waals surface area contributed by atoms with Gasteiger partial charge in [-0.2, -0.15) is 0 Å². The van der Waals surface area contributed by atoms with E-state index in [4.69, 9.17) is 30.6 Å². The summed E-state index contributed by atoms with van der Waals surface area (Å²) in [5, 5.41) is 27.3. The van der Waals surface area contributed by atoms with Crippen LogP contribution in [-0.4, -0.2) is 42.2 Å². The second-order valence-corrected chi connectivity index (χ2v) is 4.99. The Morgan fingerprint density at radius 3 is 1.22 bits per heavy atom. The molecular formula is C14H22CoN4O8+2. The van der Waals surface area contributed by atoms with E-state index in [1.54, 1.807) is 0 Å². The van der Waals surface area contributed by atoms with E-state index in [-0.39, 0.29) is 28.9 Å². The number of hydrogen-bond acceptors (Lipinski definition) is 6. The number of nitroso groups, excluding NO2 is 2. The first-order valence-corrected chi connectivity index (χ1v) is 7.19. The molecule has 2 atom stereocenters. The molecule has 2 aliphatic rings. The van der Waals surface area contributed by atoms with Crippen LogP contribution in [0.5, 0.6) is 0 Å².